The fourth-order valence-electron chi connectivity index (χ4n) is 3.31. The molecule has 20 heavy (non-hydrogen) atoms. The predicted molar refractivity (Wildman–Crippen MR) is 82.7 cm³/mol. The summed E-state index contributed by atoms with van der Waals surface area (Å²) in [7, 11) is 3.44. The number of nitrogens with one attached hydrogen (secondary N) is 1. The van der Waals surface area contributed by atoms with Crippen molar-refractivity contribution < 1.29 is 9.47 Å². The van der Waals surface area contributed by atoms with Crippen molar-refractivity contribution in [2.45, 2.75) is 32.6 Å². The standard InChI is InChI=1S/C17H27NO2/c1-12(2)9-13-11-18-8-7-15(13)16-6-5-14(19-3)10-17(16)20-4/h5-6,10,12-13,15,18H,7-9,11H2,1-4H3. The second-order valence-corrected chi connectivity index (χ2v) is 6.10. The molecule has 1 aliphatic rings. The number of methoxy groups -OCH3 is 2. The van der Waals surface area contributed by atoms with Gasteiger partial charge in [0.05, 0.1) is 14.2 Å². The second-order valence-electron chi connectivity index (χ2n) is 6.10. The van der Waals surface area contributed by atoms with Crippen LogP contribution in [0.3, 0.4) is 0 Å². The van der Waals surface area contributed by atoms with E-state index in [-0.39, 0.29) is 0 Å². The molecule has 1 aromatic rings. The first kappa shape index (κ1) is 15.2. The van der Waals surface area contributed by atoms with E-state index in [1.807, 2.05) is 12.1 Å². The molecule has 0 spiro atoms. The molecular formula is C17H27NO2. The smallest absolute Gasteiger partial charge is 0.126 e. The highest BCUT2D eigenvalue weighted by Gasteiger charge is 2.29. The highest BCUT2D eigenvalue weighted by Crippen LogP contribution is 2.40. The van der Waals surface area contributed by atoms with E-state index in [0.29, 0.717) is 11.8 Å². The summed E-state index contributed by atoms with van der Waals surface area (Å²) in [6.07, 6.45) is 2.44. The Morgan fingerprint density at radius 2 is 2.05 bits per heavy atom. The van der Waals surface area contributed by atoms with Crippen LogP contribution < -0.4 is 14.8 Å². The summed E-state index contributed by atoms with van der Waals surface area (Å²) >= 11 is 0. The van der Waals surface area contributed by atoms with Crippen LogP contribution in [-0.2, 0) is 0 Å². The van der Waals surface area contributed by atoms with Crippen molar-refractivity contribution in [1.82, 2.24) is 5.32 Å². The summed E-state index contributed by atoms with van der Waals surface area (Å²) < 4.78 is 10.9. The molecule has 2 atom stereocenters. The first-order valence-electron chi connectivity index (χ1n) is 7.58. The first-order valence-corrected chi connectivity index (χ1v) is 7.58. The molecule has 0 aromatic heterocycles. The molecule has 1 aliphatic heterocycles. The van der Waals surface area contributed by atoms with Gasteiger partial charge in [0.25, 0.3) is 0 Å². The lowest BCUT2D eigenvalue weighted by Crippen LogP contribution is -2.36. The predicted octanol–water partition coefficient (Wildman–Crippen LogP) is 3.44. The van der Waals surface area contributed by atoms with Gasteiger partial charge in [0.2, 0.25) is 0 Å². The van der Waals surface area contributed by atoms with Crippen molar-refractivity contribution in [3.05, 3.63) is 23.8 Å². The van der Waals surface area contributed by atoms with E-state index in [2.05, 4.69) is 25.2 Å². The van der Waals surface area contributed by atoms with Gasteiger partial charge in [-0.1, -0.05) is 19.9 Å². The lowest BCUT2D eigenvalue weighted by molar-refractivity contribution is 0.273. The van der Waals surface area contributed by atoms with Crippen molar-refractivity contribution in [2.75, 3.05) is 27.3 Å². The molecule has 0 radical (unpaired) electrons. The average molecular weight is 277 g/mol. The zero-order chi connectivity index (χ0) is 14.5. The maximum absolute atomic E-state index is 5.59. The summed E-state index contributed by atoms with van der Waals surface area (Å²) in [4.78, 5) is 0. The summed E-state index contributed by atoms with van der Waals surface area (Å²) in [5.41, 5.74) is 1.33. The van der Waals surface area contributed by atoms with Crippen LogP contribution in [0.1, 0.15) is 38.2 Å². The third kappa shape index (κ3) is 3.45. The zero-order valence-corrected chi connectivity index (χ0v) is 13.1. The van der Waals surface area contributed by atoms with Crippen LogP contribution in [0.5, 0.6) is 11.5 Å². The molecule has 0 bridgehead atoms. The van der Waals surface area contributed by atoms with Crippen molar-refractivity contribution >= 4 is 0 Å². The van der Waals surface area contributed by atoms with Gasteiger partial charge < -0.3 is 14.8 Å². The van der Waals surface area contributed by atoms with Gasteiger partial charge >= 0.3 is 0 Å². The van der Waals surface area contributed by atoms with Gasteiger partial charge in [-0.3, -0.25) is 0 Å². The third-order valence-corrected chi connectivity index (χ3v) is 4.22. The Morgan fingerprint density at radius 3 is 2.70 bits per heavy atom. The van der Waals surface area contributed by atoms with E-state index < -0.39 is 0 Å². The maximum atomic E-state index is 5.59. The minimum Gasteiger partial charge on any atom is -0.497 e. The number of benzene rings is 1. The summed E-state index contributed by atoms with van der Waals surface area (Å²) in [5.74, 6) is 3.82. The quantitative estimate of drug-likeness (QED) is 0.894. The van der Waals surface area contributed by atoms with Crippen LogP contribution in [-0.4, -0.2) is 27.3 Å². The Bertz CT molecular complexity index is 431. The number of rotatable bonds is 5. The van der Waals surface area contributed by atoms with E-state index >= 15 is 0 Å². The Hall–Kier alpha value is -1.22. The molecule has 0 amide bonds. The van der Waals surface area contributed by atoms with E-state index in [9.17, 15) is 0 Å². The average Bonchev–Trinajstić information content (AvgIpc) is 2.46. The normalized spacial score (nSPS) is 22.9. The molecule has 1 saturated heterocycles. The van der Waals surface area contributed by atoms with E-state index in [1.165, 1.54) is 18.4 Å². The SMILES string of the molecule is COc1ccc(C2CCNCC2CC(C)C)c(OC)c1. The fraction of sp³-hybridized carbons (Fsp3) is 0.647. The fourth-order valence-corrected chi connectivity index (χ4v) is 3.31. The summed E-state index contributed by atoms with van der Waals surface area (Å²) in [6, 6.07) is 6.23. The molecule has 1 N–H and O–H groups in total. The van der Waals surface area contributed by atoms with Crippen molar-refractivity contribution in [3.63, 3.8) is 0 Å². The van der Waals surface area contributed by atoms with Crippen molar-refractivity contribution in [2.24, 2.45) is 11.8 Å². The van der Waals surface area contributed by atoms with Gasteiger partial charge in [-0.15, -0.1) is 0 Å². The first-order chi connectivity index (χ1) is 9.65. The molecule has 0 aliphatic carbocycles. The Morgan fingerprint density at radius 1 is 1.25 bits per heavy atom. The second kappa shape index (κ2) is 6.98. The number of hydrogen-bond donors (Lipinski definition) is 1. The molecule has 2 unspecified atom stereocenters. The maximum Gasteiger partial charge on any atom is 0.126 e. The number of ether oxygens (including phenoxy) is 2. The van der Waals surface area contributed by atoms with Gasteiger partial charge in [-0.25, -0.2) is 0 Å². The van der Waals surface area contributed by atoms with Crippen LogP contribution in [0, 0.1) is 11.8 Å². The lowest BCUT2D eigenvalue weighted by Gasteiger charge is -2.34. The van der Waals surface area contributed by atoms with Crippen molar-refractivity contribution in [3.8, 4) is 11.5 Å². The van der Waals surface area contributed by atoms with Gasteiger partial charge in [-0.2, -0.15) is 0 Å². The topological polar surface area (TPSA) is 30.5 Å². The van der Waals surface area contributed by atoms with E-state index in [4.69, 9.17) is 9.47 Å². The molecular weight excluding hydrogens is 250 g/mol. The van der Waals surface area contributed by atoms with Gasteiger partial charge in [0.1, 0.15) is 11.5 Å². The molecule has 1 fully saturated rings. The van der Waals surface area contributed by atoms with Crippen LogP contribution >= 0.6 is 0 Å². The number of hydrogen-bond acceptors (Lipinski definition) is 3. The van der Waals surface area contributed by atoms with E-state index in [1.54, 1.807) is 14.2 Å². The monoisotopic (exact) mass is 277 g/mol. The van der Waals surface area contributed by atoms with E-state index in [0.717, 1.165) is 30.5 Å². The Labute approximate surface area is 122 Å². The van der Waals surface area contributed by atoms with Crippen LogP contribution in [0.4, 0.5) is 0 Å². The highest BCUT2D eigenvalue weighted by atomic mass is 16.5. The van der Waals surface area contributed by atoms with Gasteiger partial charge in [0.15, 0.2) is 0 Å². The van der Waals surface area contributed by atoms with Gasteiger partial charge in [0, 0.05) is 6.07 Å². The molecule has 1 aromatic carbocycles. The Kier molecular flexibility index (Phi) is 5.30. The largest absolute Gasteiger partial charge is 0.497 e. The summed E-state index contributed by atoms with van der Waals surface area (Å²) in [6.45, 7) is 6.81. The van der Waals surface area contributed by atoms with Crippen LogP contribution in [0.2, 0.25) is 0 Å². The number of piperidine rings is 1. The minimum atomic E-state index is 0.583. The Balaban J connectivity index is 2.27. The van der Waals surface area contributed by atoms with Crippen LogP contribution in [0.25, 0.3) is 0 Å². The molecule has 1 heterocycles. The lowest BCUT2D eigenvalue weighted by atomic mass is 9.77. The van der Waals surface area contributed by atoms with Crippen molar-refractivity contribution in [1.29, 1.82) is 0 Å². The molecule has 112 valence electrons. The highest BCUT2D eigenvalue weighted by molar-refractivity contribution is 5.43. The van der Waals surface area contributed by atoms with Gasteiger partial charge in [-0.05, 0) is 55.3 Å². The molecule has 0 saturated carbocycles. The zero-order valence-electron chi connectivity index (χ0n) is 13.1. The molecule has 3 nitrogen and oxygen atoms in total. The summed E-state index contributed by atoms with van der Waals surface area (Å²) in [5, 5.41) is 3.53. The van der Waals surface area contributed by atoms with Crippen LogP contribution in [0.15, 0.2) is 18.2 Å². The molecule has 2 rings (SSSR count). The third-order valence-electron chi connectivity index (χ3n) is 4.22. The minimum absolute atomic E-state index is 0.583. The molecule has 3 heteroatoms.